The summed E-state index contributed by atoms with van der Waals surface area (Å²) in [5.74, 6) is -0.818. The van der Waals surface area contributed by atoms with Crippen molar-refractivity contribution in [2.45, 2.75) is 70.9 Å². The summed E-state index contributed by atoms with van der Waals surface area (Å²) in [6.07, 6.45) is 6.88. The Balaban J connectivity index is 2.39. The van der Waals surface area contributed by atoms with E-state index in [2.05, 4.69) is 24.5 Å². The molecule has 0 spiro atoms. The van der Waals surface area contributed by atoms with Crippen LogP contribution in [0.15, 0.2) is 0 Å². The van der Waals surface area contributed by atoms with Crippen molar-refractivity contribution in [2.24, 2.45) is 5.92 Å². The van der Waals surface area contributed by atoms with Gasteiger partial charge in [-0.05, 0) is 31.6 Å². The average molecular weight is 270 g/mol. The number of unbranched alkanes of at least 4 members (excludes halogenated alkanes) is 1. The van der Waals surface area contributed by atoms with Crippen molar-refractivity contribution in [3.8, 4) is 0 Å². The van der Waals surface area contributed by atoms with E-state index >= 15 is 0 Å². The largest absolute Gasteiger partial charge is 0.480 e. The molecule has 0 bridgehead atoms. The minimum Gasteiger partial charge on any atom is -0.480 e. The fraction of sp³-hybridized carbons (Fsp3) is 0.857. The average Bonchev–Trinajstić information content (AvgIpc) is 3.17. The number of carbonyl (C=O) groups excluding carboxylic acids is 1. The maximum absolute atomic E-state index is 11.9. The first-order valence-electron chi connectivity index (χ1n) is 7.38. The molecule has 2 unspecified atom stereocenters. The zero-order valence-corrected chi connectivity index (χ0v) is 11.9. The molecule has 1 fully saturated rings. The summed E-state index contributed by atoms with van der Waals surface area (Å²) in [7, 11) is 0. The maximum atomic E-state index is 11.9. The highest BCUT2D eigenvalue weighted by molar-refractivity contribution is 5.83. The molecular formula is C14H26N2O3. The molecule has 0 radical (unpaired) electrons. The Labute approximate surface area is 115 Å². The lowest BCUT2D eigenvalue weighted by atomic mass is 10.1. The van der Waals surface area contributed by atoms with Gasteiger partial charge in [0.1, 0.15) is 6.04 Å². The van der Waals surface area contributed by atoms with Crippen molar-refractivity contribution in [3.63, 3.8) is 0 Å². The standard InChI is InChI=1S/C14H26N2O3/c1-3-5-7-11(6-4-2)15-14(19)16-12(13(17)18)10-8-9-10/h10-12H,3-9H2,1-2H3,(H,17,18)(H2,15,16,19). The fourth-order valence-corrected chi connectivity index (χ4v) is 2.27. The molecule has 2 amide bonds. The summed E-state index contributed by atoms with van der Waals surface area (Å²) in [6, 6.07) is -0.916. The Kier molecular flexibility index (Phi) is 6.67. The van der Waals surface area contributed by atoms with Crippen molar-refractivity contribution >= 4 is 12.0 Å². The summed E-state index contributed by atoms with van der Waals surface area (Å²) < 4.78 is 0. The molecule has 2 atom stereocenters. The van der Waals surface area contributed by atoms with E-state index in [1.54, 1.807) is 0 Å². The Morgan fingerprint density at radius 3 is 2.32 bits per heavy atom. The van der Waals surface area contributed by atoms with Crippen LogP contribution >= 0.6 is 0 Å². The minimum atomic E-state index is -0.932. The molecule has 5 nitrogen and oxygen atoms in total. The highest BCUT2D eigenvalue weighted by Crippen LogP contribution is 2.32. The highest BCUT2D eigenvalue weighted by Gasteiger charge is 2.37. The van der Waals surface area contributed by atoms with Crippen LogP contribution in [0.3, 0.4) is 0 Å². The lowest BCUT2D eigenvalue weighted by Crippen LogP contribution is -2.49. The van der Waals surface area contributed by atoms with Crippen LogP contribution in [0.4, 0.5) is 4.79 Å². The van der Waals surface area contributed by atoms with Gasteiger partial charge in [0.15, 0.2) is 0 Å². The van der Waals surface area contributed by atoms with Crippen molar-refractivity contribution < 1.29 is 14.7 Å². The van der Waals surface area contributed by atoms with Gasteiger partial charge in [0, 0.05) is 6.04 Å². The zero-order chi connectivity index (χ0) is 14.3. The van der Waals surface area contributed by atoms with E-state index in [1.165, 1.54) is 0 Å². The number of carbonyl (C=O) groups is 2. The number of carboxylic acid groups (broad SMARTS) is 1. The monoisotopic (exact) mass is 270 g/mol. The first-order valence-corrected chi connectivity index (χ1v) is 7.38. The van der Waals surface area contributed by atoms with Crippen molar-refractivity contribution in [1.82, 2.24) is 10.6 Å². The van der Waals surface area contributed by atoms with E-state index in [0.717, 1.165) is 44.9 Å². The summed E-state index contributed by atoms with van der Waals surface area (Å²) >= 11 is 0. The molecular weight excluding hydrogens is 244 g/mol. The van der Waals surface area contributed by atoms with Gasteiger partial charge in [-0.1, -0.05) is 33.1 Å². The van der Waals surface area contributed by atoms with Crippen LogP contribution in [-0.4, -0.2) is 29.2 Å². The van der Waals surface area contributed by atoms with E-state index in [1.807, 2.05) is 0 Å². The van der Waals surface area contributed by atoms with Gasteiger partial charge in [-0.25, -0.2) is 9.59 Å². The van der Waals surface area contributed by atoms with Gasteiger partial charge in [0.25, 0.3) is 0 Å². The molecule has 1 aliphatic carbocycles. The second-order valence-electron chi connectivity index (χ2n) is 5.40. The highest BCUT2D eigenvalue weighted by atomic mass is 16.4. The summed E-state index contributed by atoms with van der Waals surface area (Å²) in [4.78, 5) is 22.9. The molecule has 110 valence electrons. The molecule has 1 saturated carbocycles. The molecule has 1 rings (SSSR count). The number of hydrogen-bond donors (Lipinski definition) is 3. The van der Waals surface area contributed by atoms with Crippen molar-refractivity contribution in [3.05, 3.63) is 0 Å². The quantitative estimate of drug-likeness (QED) is 0.602. The third kappa shape index (κ3) is 5.94. The lowest BCUT2D eigenvalue weighted by molar-refractivity contribution is -0.139. The third-order valence-corrected chi connectivity index (χ3v) is 3.52. The summed E-state index contributed by atoms with van der Waals surface area (Å²) in [5, 5.41) is 14.6. The van der Waals surface area contributed by atoms with Crippen LogP contribution < -0.4 is 10.6 Å². The Morgan fingerprint density at radius 2 is 1.84 bits per heavy atom. The van der Waals surface area contributed by atoms with Crippen molar-refractivity contribution in [1.29, 1.82) is 0 Å². The van der Waals surface area contributed by atoms with Gasteiger partial charge in [0.05, 0.1) is 0 Å². The molecule has 0 aliphatic heterocycles. The van der Waals surface area contributed by atoms with Crippen LogP contribution in [0, 0.1) is 5.92 Å². The summed E-state index contributed by atoms with van der Waals surface area (Å²) in [6.45, 7) is 4.21. The van der Waals surface area contributed by atoms with E-state index in [4.69, 9.17) is 5.11 Å². The van der Waals surface area contributed by atoms with Gasteiger partial charge in [-0.2, -0.15) is 0 Å². The number of carboxylic acids is 1. The van der Waals surface area contributed by atoms with Crippen LogP contribution in [0.1, 0.15) is 58.8 Å². The molecule has 0 aromatic heterocycles. The summed E-state index contributed by atoms with van der Waals surface area (Å²) in [5.41, 5.74) is 0. The molecule has 0 aromatic rings. The van der Waals surface area contributed by atoms with Gasteiger partial charge in [-0.15, -0.1) is 0 Å². The zero-order valence-electron chi connectivity index (χ0n) is 11.9. The second-order valence-corrected chi connectivity index (χ2v) is 5.40. The van der Waals surface area contributed by atoms with E-state index < -0.39 is 12.0 Å². The number of aliphatic carboxylic acids is 1. The van der Waals surface area contributed by atoms with E-state index in [0.29, 0.717) is 0 Å². The lowest BCUT2D eigenvalue weighted by Gasteiger charge is -2.20. The number of hydrogen-bond acceptors (Lipinski definition) is 2. The van der Waals surface area contributed by atoms with Crippen LogP contribution in [0.5, 0.6) is 0 Å². The smallest absolute Gasteiger partial charge is 0.326 e. The second kappa shape index (κ2) is 8.02. The Bertz CT molecular complexity index is 303. The van der Waals surface area contributed by atoms with Gasteiger partial charge in [0.2, 0.25) is 0 Å². The SMILES string of the molecule is CCCCC(CCC)NC(=O)NC(C(=O)O)C1CC1. The predicted molar refractivity (Wildman–Crippen MR) is 74.0 cm³/mol. The third-order valence-electron chi connectivity index (χ3n) is 3.52. The minimum absolute atomic E-state index is 0.114. The molecule has 19 heavy (non-hydrogen) atoms. The van der Waals surface area contributed by atoms with Crippen LogP contribution in [0.25, 0.3) is 0 Å². The molecule has 5 heteroatoms. The van der Waals surface area contributed by atoms with Crippen LogP contribution in [0.2, 0.25) is 0 Å². The first kappa shape index (κ1) is 15.8. The number of rotatable bonds is 9. The normalized spacial score (nSPS) is 17.6. The molecule has 1 aliphatic rings. The van der Waals surface area contributed by atoms with E-state index in [9.17, 15) is 9.59 Å². The van der Waals surface area contributed by atoms with Crippen molar-refractivity contribution in [2.75, 3.05) is 0 Å². The molecule has 0 heterocycles. The Morgan fingerprint density at radius 1 is 1.16 bits per heavy atom. The number of urea groups is 1. The van der Waals surface area contributed by atoms with Crippen LogP contribution in [-0.2, 0) is 4.79 Å². The molecule has 3 N–H and O–H groups in total. The number of nitrogens with one attached hydrogen (secondary N) is 2. The Hall–Kier alpha value is -1.26. The fourth-order valence-electron chi connectivity index (χ4n) is 2.27. The number of amides is 2. The first-order chi connectivity index (χ1) is 9.08. The van der Waals surface area contributed by atoms with Gasteiger partial charge in [-0.3, -0.25) is 0 Å². The molecule has 0 aromatic carbocycles. The molecule has 0 saturated heterocycles. The van der Waals surface area contributed by atoms with Gasteiger partial charge < -0.3 is 15.7 Å². The maximum Gasteiger partial charge on any atom is 0.326 e. The van der Waals surface area contributed by atoms with E-state index in [-0.39, 0.29) is 18.0 Å². The topological polar surface area (TPSA) is 78.4 Å². The van der Waals surface area contributed by atoms with Gasteiger partial charge >= 0.3 is 12.0 Å². The predicted octanol–water partition coefficient (Wildman–Crippen LogP) is 2.51.